The highest BCUT2D eigenvalue weighted by atomic mass is 16.2. The lowest BCUT2D eigenvalue weighted by Gasteiger charge is -2.35. The summed E-state index contributed by atoms with van der Waals surface area (Å²) in [5, 5.41) is 6.20. The summed E-state index contributed by atoms with van der Waals surface area (Å²) < 4.78 is 0. The van der Waals surface area contributed by atoms with Gasteiger partial charge in [0.1, 0.15) is 0 Å². The third-order valence-corrected chi connectivity index (χ3v) is 8.64. The van der Waals surface area contributed by atoms with Crippen LogP contribution in [0.3, 0.4) is 0 Å². The monoisotopic (exact) mass is 537 g/mol. The average Bonchev–Trinajstić information content (AvgIpc) is 3.52. The van der Waals surface area contributed by atoms with Gasteiger partial charge in [0.05, 0.1) is 5.56 Å². The van der Waals surface area contributed by atoms with Crippen molar-refractivity contribution in [3.63, 3.8) is 0 Å². The summed E-state index contributed by atoms with van der Waals surface area (Å²) >= 11 is 0. The molecule has 0 aromatic heterocycles. The molecule has 2 amide bonds. The van der Waals surface area contributed by atoms with E-state index < -0.39 is 0 Å². The van der Waals surface area contributed by atoms with E-state index in [1.54, 1.807) is 0 Å². The summed E-state index contributed by atoms with van der Waals surface area (Å²) in [5.74, 6) is 1.29. The number of nitrogens with one attached hydrogen (secondary N) is 2. The summed E-state index contributed by atoms with van der Waals surface area (Å²) in [7, 11) is 0. The maximum atomic E-state index is 13.5. The second-order valence-electron chi connectivity index (χ2n) is 11.6. The Bertz CT molecular complexity index is 1230. The number of nitrogens with zero attached hydrogens (tertiary/aromatic N) is 1. The lowest BCUT2D eigenvalue weighted by molar-refractivity contribution is -0.116. The van der Waals surface area contributed by atoms with Gasteiger partial charge < -0.3 is 15.5 Å². The van der Waals surface area contributed by atoms with Crippen molar-refractivity contribution in [2.45, 2.75) is 64.2 Å². The van der Waals surface area contributed by atoms with Gasteiger partial charge in [-0.1, -0.05) is 86.3 Å². The van der Waals surface area contributed by atoms with Crippen molar-refractivity contribution < 1.29 is 9.59 Å². The van der Waals surface area contributed by atoms with Gasteiger partial charge >= 0.3 is 0 Å². The van der Waals surface area contributed by atoms with Crippen molar-refractivity contribution in [2.24, 2.45) is 11.8 Å². The van der Waals surface area contributed by atoms with Gasteiger partial charge in [-0.15, -0.1) is 0 Å². The predicted molar refractivity (Wildman–Crippen MR) is 164 cm³/mol. The molecule has 5 rings (SSSR count). The molecule has 2 N–H and O–H groups in total. The van der Waals surface area contributed by atoms with Gasteiger partial charge in [-0.2, -0.15) is 0 Å². The fourth-order valence-electron chi connectivity index (χ4n) is 6.31. The van der Waals surface area contributed by atoms with Crippen molar-refractivity contribution >= 4 is 23.2 Å². The minimum absolute atomic E-state index is 0.0387. The summed E-state index contributed by atoms with van der Waals surface area (Å²) in [4.78, 5) is 28.6. The minimum atomic E-state index is -0.0839. The molecular formula is C35H43N3O2. The van der Waals surface area contributed by atoms with Crippen LogP contribution < -0.4 is 15.5 Å². The lowest BCUT2D eigenvalue weighted by atomic mass is 9.89. The second kappa shape index (κ2) is 14.2. The largest absolute Gasteiger partial charge is 0.371 e. The number of carbonyl (C=O) groups excluding carboxylic acids is 2. The first kappa shape index (κ1) is 27.9. The van der Waals surface area contributed by atoms with Gasteiger partial charge in [-0.3, -0.25) is 9.59 Å². The predicted octanol–water partition coefficient (Wildman–Crippen LogP) is 7.03. The van der Waals surface area contributed by atoms with Crippen molar-refractivity contribution in [3.8, 4) is 0 Å². The molecule has 210 valence electrons. The van der Waals surface area contributed by atoms with Crippen molar-refractivity contribution in [1.82, 2.24) is 5.32 Å². The zero-order valence-corrected chi connectivity index (χ0v) is 23.6. The quantitative estimate of drug-likeness (QED) is 0.276. The molecular weight excluding hydrogens is 494 g/mol. The smallest absolute Gasteiger partial charge is 0.253 e. The van der Waals surface area contributed by atoms with E-state index in [0.717, 1.165) is 50.9 Å². The molecule has 2 fully saturated rings. The Morgan fingerprint density at radius 3 is 2.15 bits per heavy atom. The molecule has 0 unspecified atom stereocenters. The van der Waals surface area contributed by atoms with Gasteiger partial charge in [0.2, 0.25) is 5.91 Å². The molecule has 0 atom stereocenters. The van der Waals surface area contributed by atoms with E-state index in [0.29, 0.717) is 36.1 Å². The molecule has 0 radical (unpaired) electrons. The molecule has 3 aromatic carbocycles. The van der Waals surface area contributed by atoms with E-state index >= 15 is 0 Å². The van der Waals surface area contributed by atoms with Crippen molar-refractivity contribution in [2.75, 3.05) is 29.9 Å². The Hall–Kier alpha value is -3.60. The Labute approximate surface area is 239 Å². The van der Waals surface area contributed by atoms with E-state index in [9.17, 15) is 9.59 Å². The van der Waals surface area contributed by atoms with Gasteiger partial charge in [0.15, 0.2) is 0 Å². The van der Waals surface area contributed by atoms with Crippen LogP contribution in [0.5, 0.6) is 0 Å². The van der Waals surface area contributed by atoms with E-state index in [1.807, 2.05) is 36.4 Å². The maximum absolute atomic E-state index is 13.5. The van der Waals surface area contributed by atoms with Crippen LogP contribution >= 0.6 is 0 Å². The highest BCUT2D eigenvalue weighted by molar-refractivity contribution is 6.02. The van der Waals surface area contributed by atoms with Gasteiger partial charge in [-0.05, 0) is 73.3 Å². The number of benzene rings is 3. The lowest BCUT2D eigenvalue weighted by Crippen LogP contribution is -2.36. The van der Waals surface area contributed by atoms with Crippen LogP contribution in [0.4, 0.5) is 11.4 Å². The number of amides is 2. The van der Waals surface area contributed by atoms with Crippen LogP contribution in [0.1, 0.15) is 72.9 Å². The zero-order chi connectivity index (χ0) is 27.6. The molecule has 1 aliphatic heterocycles. The number of hydrogen-bond donors (Lipinski definition) is 2. The van der Waals surface area contributed by atoms with Crippen molar-refractivity contribution in [3.05, 3.63) is 95.6 Å². The number of piperidine rings is 1. The first-order valence-corrected chi connectivity index (χ1v) is 15.2. The van der Waals surface area contributed by atoms with Crippen LogP contribution in [0.15, 0.2) is 78.9 Å². The molecule has 1 heterocycles. The fraction of sp³-hybridized carbons (Fsp3) is 0.429. The fourth-order valence-corrected chi connectivity index (χ4v) is 6.31. The molecule has 2 aliphatic rings. The first-order chi connectivity index (χ1) is 19.6. The SMILES string of the molecule is O=C(CCC1CCCC1)Nc1ccc(N2CCC(Cc3ccccc3)CC2)c(C(=O)NCCc2ccccc2)c1. The van der Waals surface area contributed by atoms with Crippen LogP contribution in [0, 0.1) is 11.8 Å². The van der Waals surface area contributed by atoms with E-state index in [-0.39, 0.29) is 11.8 Å². The zero-order valence-electron chi connectivity index (χ0n) is 23.6. The maximum Gasteiger partial charge on any atom is 0.253 e. The molecule has 5 heteroatoms. The van der Waals surface area contributed by atoms with Crippen LogP contribution in [0.25, 0.3) is 0 Å². The number of rotatable bonds is 11. The standard InChI is InChI=1S/C35H43N3O2/c39-34(18-15-27-11-7-8-12-27)37-31-16-17-33(32(26-31)35(40)36-22-19-28-9-3-1-4-10-28)38-23-20-30(21-24-38)25-29-13-5-2-6-14-29/h1-6,9-10,13-14,16-17,26-27,30H,7-8,11-12,15,18-25H2,(H,36,40)(H,37,39). The van der Waals surface area contributed by atoms with E-state index in [2.05, 4.69) is 58.0 Å². The topological polar surface area (TPSA) is 61.4 Å². The van der Waals surface area contributed by atoms with Crippen LogP contribution in [-0.4, -0.2) is 31.4 Å². The molecule has 1 saturated heterocycles. The highest BCUT2D eigenvalue weighted by Crippen LogP contribution is 2.31. The van der Waals surface area contributed by atoms with E-state index in [4.69, 9.17) is 0 Å². The molecule has 40 heavy (non-hydrogen) atoms. The molecule has 5 nitrogen and oxygen atoms in total. The molecule has 1 aliphatic carbocycles. The average molecular weight is 538 g/mol. The van der Waals surface area contributed by atoms with Crippen LogP contribution in [0.2, 0.25) is 0 Å². The second-order valence-corrected chi connectivity index (χ2v) is 11.6. The Balaban J connectivity index is 1.24. The normalized spacial score (nSPS) is 16.1. The third kappa shape index (κ3) is 7.97. The summed E-state index contributed by atoms with van der Waals surface area (Å²) in [5.41, 5.74) is 4.90. The van der Waals surface area contributed by atoms with Gasteiger partial charge in [0, 0.05) is 37.4 Å². The highest BCUT2D eigenvalue weighted by Gasteiger charge is 2.24. The Morgan fingerprint density at radius 1 is 0.775 bits per heavy atom. The first-order valence-electron chi connectivity index (χ1n) is 15.2. The molecule has 0 spiro atoms. The Morgan fingerprint density at radius 2 is 1.45 bits per heavy atom. The minimum Gasteiger partial charge on any atom is -0.371 e. The van der Waals surface area contributed by atoms with Crippen molar-refractivity contribution in [1.29, 1.82) is 0 Å². The number of hydrogen-bond acceptors (Lipinski definition) is 3. The number of anilines is 2. The van der Waals surface area contributed by atoms with Crippen LogP contribution in [-0.2, 0) is 17.6 Å². The molecule has 3 aromatic rings. The summed E-state index contributed by atoms with van der Waals surface area (Å²) in [6, 6.07) is 26.8. The summed E-state index contributed by atoms with van der Waals surface area (Å²) in [6.45, 7) is 2.42. The third-order valence-electron chi connectivity index (χ3n) is 8.64. The van der Waals surface area contributed by atoms with Gasteiger partial charge in [0.25, 0.3) is 5.91 Å². The van der Waals surface area contributed by atoms with E-state index in [1.165, 1.54) is 36.8 Å². The Kier molecular flexibility index (Phi) is 9.89. The number of carbonyl (C=O) groups is 2. The molecule has 0 bridgehead atoms. The van der Waals surface area contributed by atoms with Gasteiger partial charge in [-0.25, -0.2) is 0 Å². The summed E-state index contributed by atoms with van der Waals surface area (Å²) in [6.07, 6.45) is 10.7. The molecule has 1 saturated carbocycles.